The molecule has 2 fully saturated rings. The SMILES string of the molecule is Cc1cc(C2CN(c3c(Cl)cccc3Cl)C2)cc(C)c1CN1CCC(C(=O)NCC(C)C)CC1. The van der Waals surface area contributed by atoms with Crippen LogP contribution in [0, 0.1) is 25.7 Å². The van der Waals surface area contributed by atoms with E-state index < -0.39 is 0 Å². The van der Waals surface area contributed by atoms with Gasteiger partial charge >= 0.3 is 0 Å². The summed E-state index contributed by atoms with van der Waals surface area (Å²) in [5.41, 5.74) is 6.51. The van der Waals surface area contributed by atoms with Gasteiger partial charge in [-0.05, 0) is 80.1 Å². The number of piperidine rings is 1. The van der Waals surface area contributed by atoms with Crippen LogP contribution < -0.4 is 10.2 Å². The molecule has 0 atom stereocenters. The van der Waals surface area contributed by atoms with Crippen molar-refractivity contribution in [2.45, 2.75) is 53.0 Å². The van der Waals surface area contributed by atoms with Gasteiger partial charge in [-0.15, -0.1) is 0 Å². The average molecular weight is 503 g/mol. The van der Waals surface area contributed by atoms with Crippen LogP contribution in [0.15, 0.2) is 30.3 Å². The van der Waals surface area contributed by atoms with Crippen molar-refractivity contribution in [2.75, 3.05) is 37.6 Å². The molecule has 2 aromatic rings. The summed E-state index contributed by atoms with van der Waals surface area (Å²) in [7, 11) is 0. The van der Waals surface area contributed by atoms with Crippen LogP contribution in [-0.2, 0) is 11.3 Å². The number of halogens is 2. The van der Waals surface area contributed by atoms with Gasteiger partial charge in [0.15, 0.2) is 0 Å². The molecular weight excluding hydrogens is 465 g/mol. The highest BCUT2D eigenvalue weighted by Gasteiger charge is 2.31. The number of aryl methyl sites for hydroxylation is 2. The fourth-order valence-electron chi connectivity index (χ4n) is 5.20. The van der Waals surface area contributed by atoms with E-state index in [4.69, 9.17) is 23.2 Å². The molecule has 1 amide bonds. The lowest BCUT2D eigenvalue weighted by molar-refractivity contribution is -0.126. The van der Waals surface area contributed by atoms with Crippen molar-refractivity contribution in [3.63, 3.8) is 0 Å². The number of carbonyl (C=O) groups is 1. The van der Waals surface area contributed by atoms with Crippen LogP contribution in [0.2, 0.25) is 10.0 Å². The molecule has 184 valence electrons. The Labute approximate surface area is 214 Å². The first-order chi connectivity index (χ1) is 16.2. The second kappa shape index (κ2) is 10.9. The van der Waals surface area contributed by atoms with E-state index in [1.54, 1.807) is 0 Å². The zero-order chi connectivity index (χ0) is 24.4. The number of benzene rings is 2. The Balaban J connectivity index is 1.33. The van der Waals surface area contributed by atoms with E-state index in [1.807, 2.05) is 18.2 Å². The third kappa shape index (κ3) is 5.72. The molecule has 0 saturated carbocycles. The number of hydrogen-bond donors (Lipinski definition) is 1. The van der Waals surface area contributed by atoms with Gasteiger partial charge in [0, 0.05) is 38.0 Å². The molecular formula is C28H37Cl2N3O. The van der Waals surface area contributed by atoms with Gasteiger partial charge < -0.3 is 10.2 Å². The first kappa shape index (κ1) is 25.3. The molecule has 2 aromatic carbocycles. The highest BCUT2D eigenvalue weighted by molar-refractivity contribution is 6.39. The van der Waals surface area contributed by atoms with Gasteiger partial charge in [0.1, 0.15) is 0 Å². The molecule has 2 aliphatic rings. The zero-order valence-electron chi connectivity index (χ0n) is 20.8. The number of likely N-dealkylation sites (tertiary alicyclic amines) is 1. The summed E-state index contributed by atoms with van der Waals surface area (Å²) in [6.07, 6.45) is 1.89. The van der Waals surface area contributed by atoms with Gasteiger partial charge in [-0.25, -0.2) is 0 Å². The van der Waals surface area contributed by atoms with Crippen LogP contribution in [0.4, 0.5) is 5.69 Å². The lowest BCUT2D eigenvalue weighted by atomic mass is 9.86. The van der Waals surface area contributed by atoms with Crippen molar-refractivity contribution in [3.05, 3.63) is 62.6 Å². The summed E-state index contributed by atoms with van der Waals surface area (Å²) in [4.78, 5) is 17.2. The smallest absolute Gasteiger partial charge is 0.223 e. The fourth-order valence-corrected chi connectivity index (χ4v) is 5.84. The minimum atomic E-state index is 0.160. The molecule has 4 nitrogen and oxygen atoms in total. The molecule has 0 unspecified atom stereocenters. The first-order valence-corrected chi connectivity index (χ1v) is 13.3. The fraction of sp³-hybridized carbons (Fsp3) is 0.536. The number of nitrogens with one attached hydrogen (secondary N) is 1. The Hall–Kier alpha value is -1.75. The van der Waals surface area contributed by atoms with Crippen LogP contribution in [0.5, 0.6) is 0 Å². The largest absolute Gasteiger partial charge is 0.368 e. The Morgan fingerprint density at radius 2 is 1.65 bits per heavy atom. The van der Waals surface area contributed by atoms with Crippen LogP contribution in [0.1, 0.15) is 54.9 Å². The molecule has 6 heteroatoms. The Bertz CT molecular complexity index is 981. The predicted molar refractivity (Wildman–Crippen MR) is 143 cm³/mol. The molecule has 0 aliphatic carbocycles. The van der Waals surface area contributed by atoms with Gasteiger partial charge in [0.25, 0.3) is 0 Å². The number of anilines is 1. The van der Waals surface area contributed by atoms with E-state index in [0.29, 0.717) is 11.8 Å². The van der Waals surface area contributed by atoms with Crippen molar-refractivity contribution < 1.29 is 4.79 Å². The van der Waals surface area contributed by atoms with Gasteiger partial charge in [0.2, 0.25) is 5.91 Å². The number of rotatable bonds is 7. The molecule has 2 saturated heterocycles. The topological polar surface area (TPSA) is 35.6 Å². The van der Waals surface area contributed by atoms with Gasteiger partial charge in [0.05, 0.1) is 15.7 Å². The number of amides is 1. The summed E-state index contributed by atoms with van der Waals surface area (Å²) < 4.78 is 0. The van der Waals surface area contributed by atoms with Gasteiger partial charge in [-0.3, -0.25) is 9.69 Å². The van der Waals surface area contributed by atoms with Crippen molar-refractivity contribution in [3.8, 4) is 0 Å². The molecule has 1 N–H and O–H groups in total. The summed E-state index contributed by atoms with van der Waals surface area (Å²) in [6.45, 7) is 14.3. The quantitative estimate of drug-likeness (QED) is 0.490. The molecule has 2 heterocycles. The van der Waals surface area contributed by atoms with Gasteiger partial charge in [-0.1, -0.05) is 55.2 Å². The van der Waals surface area contributed by atoms with Gasteiger partial charge in [-0.2, -0.15) is 0 Å². The highest BCUT2D eigenvalue weighted by atomic mass is 35.5. The van der Waals surface area contributed by atoms with Crippen molar-refractivity contribution >= 4 is 34.8 Å². The summed E-state index contributed by atoms with van der Waals surface area (Å²) >= 11 is 12.8. The van der Waals surface area contributed by atoms with E-state index in [2.05, 4.69) is 54.9 Å². The predicted octanol–water partition coefficient (Wildman–Crippen LogP) is 6.20. The third-order valence-electron chi connectivity index (χ3n) is 7.35. The van der Waals surface area contributed by atoms with Crippen molar-refractivity contribution in [2.24, 2.45) is 11.8 Å². The second-order valence-electron chi connectivity index (χ2n) is 10.5. The molecule has 0 aromatic heterocycles. The normalized spacial score (nSPS) is 17.8. The van der Waals surface area contributed by atoms with Crippen LogP contribution in [0.25, 0.3) is 0 Å². The number of carbonyl (C=O) groups excluding carboxylic acids is 1. The molecule has 34 heavy (non-hydrogen) atoms. The Morgan fingerprint density at radius 3 is 2.21 bits per heavy atom. The monoisotopic (exact) mass is 501 g/mol. The molecule has 0 bridgehead atoms. The number of nitrogens with zero attached hydrogens (tertiary/aromatic N) is 2. The Morgan fingerprint density at radius 1 is 1.06 bits per heavy atom. The maximum Gasteiger partial charge on any atom is 0.223 e. The Kier molecular flexibility index (Phi) is 8.12. The van der Waals surface area contributed by atoms with E-state index in [1.165, 1.54) is 22.3 Å². The molecule has 2 aliphatic heterocycles. The maximum absolute atomic E-state index is 12.4. The summed E-state index contributed by atoms with van der Waals surface area (Å²) in [5.74, 6) is 1.39. The summed E-state index contributed by atoms with van der Waals surface area (Å²) in [5, 5.41) is 4.54. The zero-order valence-corrected chi connectivity index (χ0v) is 22.3. The van der Waals surface area contributed by atoms with E-state index in [0.717, 1.165) is 67.8 Å². The average Bonchev–Trinajstić information content (AvgIpc) is 2.76. The summed E-state index contributed by atoms with van der Waals surface area (Å²) in [6, 6.07) is 10.4. The van der Waals surface area contributed by atoms with E-state index in [9.17, 15) is 4.79 Å². The van der Waals surface area contributed by atoms with Crippen LogP contribution >= 0.6 is 23.2 Å². The lowest BCUT2D eigenvalue weighted by Crippen LogP contribution is -2.45. The maximum atomic E-state index is 12.4. The molecule has 4 rings (SSSR count). The molecule has 0 spiro atoms. The van der Waals surface area contributed by atoms with Crippen LogP contribution in [0.3, 0.4) is 0 Å². The second-order valence-corrected chi connectivity index (χ2v) is 11.3. The van der Waals surface area contributed by atoms with Crippen molar-refractivity contribution in [1.82, 2.24) is 10.2 Å². The lowest BCUT2D eigenvalue weighted by Gasteiger charge is -2.42. The van der Waals surface area contributed by atoms with E-state index >= 15 is 0 Å². The van der Waals surface area contributed by atoms with Crippen LogP contribution in [-0.4, -0.2) is 43.5 Å². The minimum Gasteiger partial charge on any atom is -0.368 e. The molecule has 0 radical (unpaired) electrons. The minimum absolute atomic E-state index is 0.160. The first-order valence-electron chi connectivity index (χ1n) is 12.5. The standard InChI is InChI=1S/C28H37Cl2N3O/c1-18(2)14-31-28(34)21-8-10-32(11-9-21)17-24-19(3)12-22(13-20(24)4)23-15-33(16-23)27-25(29)6-5-7-26(27)30/h5-7,12-13,18,21,23H,8-11,14-17H2,1-4H3,(H,31,34). The third-order valence-corrected chi connectivity index (χ3v) is 7.96. The highest BCUT2D eigenvalue weighted by Crippen LogP contribution is 2.40. The number of para-hydroxylation sites is 1. The van der Waals surface area contributed by atoms with Crippen molar-refractivity contribution in [1.29, 1.82) is 0 Å². The number of hydrogen-bond acceptors (Lipinski definition) is 3. The van der Waals surface area contributed by atoms with E-state index in [-0.39, 0.29) is 11.8 Å².